The Hall–Kier alpha value is -0.580. The molecule has 1 aliphatic heterocycles. The quantitative estimate of drug-likeness (QED) is 0.928. The van der Waals surface area contributed by atoms with Crippen molar-refractivity contribution in [3.63, 3.8) is 0 Å². The maximum absolute atomic E-state index is 12.5. The summed E-state index contributed by atoms with van der Waals surface area (Å²) in [6.07, 6.45) is 4.21. The van der Waals surface area contributed by atoms with Crippen LogP contribution in [0.4, 0.5) is 0 Å². The van der Waals surface area contributed by atoms with Crippen molar-refractivity contribution >= 4 is 28.8 Å². The SMILES string of the molecule is Cc1csc(C(=O)N2CCCCC2CCN)c1Cl. The van der Waals surface area contributed by atoms with Gasteiger partial charge >= 0.3 is 0 Å². The van der Waals surface area contributed by atoms with Crippen molar-refractivity contribution in [2.45, 2.75) is 38.6 Å². The second-order valence-electron chi connectivity index (χ2n) is 4.79. The standard InChI is InChI=1S/C13H19ClN2OS/c1-9-8-18-12(11(9)14)13(17)16-7-3-2-4-10(16)5-6-15/h8,10H,2-7,15H2,1H3. The van der Waals surface area contributed by atoms with E-state index in [1.54, 1.807) is 0 Å². The van der Waals surface area contributed by atoms with Crippen LogP contribution in [0.2, 0.25) is 5.02 Å². The maximum atomic E-state index is 12.5. The van der Waals surface area contributed by atoms with Crippen LogP contribution in [0.3, 0.4) is 0 Å². The Bertz CT molecular complexity index is 431. The van der Waals surface area contributed by atoms with Gasteiger partial charge in [-0.05, 0) is 50.1 Å². The lowest BCUT2D eigenvalue weighted by Gasteiger charge is -2.35. The van der Waals surface area contributed by atoms with Gasteiger partial charge < -0.3 is 10.6 Å². The molecule has 1 aliphatic rings. The molecular formula is C13H19ClN2OS. The van der Waals surface area contributed by atoms with E-state index < -0.39 is 0 Å². The van der Waals surface area contributed by atoms with Gasteiger partial charge in [-0.3, -0.25) is 4.79 Å². The third-order valence-electron chi connectivity index (χ3n) is 3.48. The number of hydrogen-bond donors (Lipinski definition) is 1. The number of carbonyl (C=O) groups excluding carboxylic acids is 1. The Morgan fingerprint density at radius 1 is 1.61 bits per heavy atom. The van der Waals surface area contributed by atoms with Gasteiger partial charge in [-0.25, -0.2) is 0 Å². The molecule has 0 aromatic carbocycles. The summed E-state index contributed by atoms with van der Waals surface area (Å²) in [6.45, 7) is 3.39. The van der Waals surface area contributed by atoms with Gasteiger partial charge in [-0.1, -0.05) is 11.6 Å². The van der Waals surface area contributed by atoms with E-state index in [0.717, 1.165) is 31.4 Å². The highest BCUT2D eigenvalue weighted by molar-refractivity contribution is 7.13. The summed E-state index contributed by atoms with van der Waals surface area (Å²) in [6, 6.07) is 0.287. The Kier molecular flexibility index (Phi) is 4.65. The molecule has 18 heavy (non-hydrogen) atoms. The fraction of sp³-hybridized carbons (Fsp3) is 0.615. The van der Waals surface area contributed by atoms with Crippen LogP contribution in [0.5, 0.6) is 0 Å². The fourth-order valence-electron chi connectivity index (χ4n) is 2.47. The van der Waals surface area contributed by atoms with Crippen LogP contribution >= 0.6 is 22.9 Å². The summed E-state index contributed by atoms with van der Waals surface area (Å²) in [5.41, 5.74) is 6.62. The van der Waals surface area contributed by atoms with E-state index in [9.17, 15) is 4.79 Å². The Morgan fingerprint density at radius 2 is 2.39 bits per heavy atom. The van der Waals surface area contributed by atoms with Gasteiger partial charge in [0, 0.05) is 12.6 Å². The lowest BCUT2D eigenvalue weighted by molar-refractivity contribution is 0.0610. The van der Waals surface area contributed by atoms with Crippen LogP contribution in [0, 0.1) is 6.92 Å². The molecule has 0 saturated carbocycles. The topological polar surface area (TPSA) is 46.3 Å². The maximum Gasteiger partial charge on any atom is 0.265 e. The van der Waals surface area contributed by atoms with Crippen molar-refractivity contribution in [1.82, 2.24) is 4.90 Å². The van der Waals surface area contributed by atoms with Crippen LogP contribution in [0.1, 0.15) is 40.9 Å². The number of aryl methyl sites for hydroxylation is 1. The minimum Gasteiger partial charge on any atom is -0.335 e. The third-order valence-corrected chi connectivity index (χ3v) is 5.17. The van der Waals surface area contributed by atoms with E-state index in [-0.39, 0.29) is 11.9 Å². The van der Waals surface area contributed by atoms with Crippen molar-refractivity contribution in [3.8, 4) is 0 Å². The third kappa shape index (κ3) is 2.71. The monoisotopic (exact) mass is 286 g/mol. The first-order chi connectivity index (χ1) is 8.65. The van der Waals surface area contributed by atoms with Gasteiger partial charge in [0.2, 0.25) is 0 Å². The summed E-state index contributed by atoms with van der Waals surface area (Å²) in [7, 11) is 0. The van der Waals surface area contributed by atoms with Crippen molar-refractivity contribution in [2.24, 2.45) is 5.73 Å². The molecule has 1 amide bonds. The van der Waals surface area contributed by atoms with E-state index in [1.807, 2.05) is 17.2 Å². The molecule has 1 aromatic rings. The van der Waals surface area contributed by atoms with Gasteiger partial charge in [0.05, 0.1) is 5.02 Å². The van der Waals surface area contributed by atoms with E-state index >= 15 is 0 Å². The molecule has 3 nitrogen and oxygen atoms in total. The van der Waals surface area contributed by atoms with Gasteiger partial charge in [0.1, 0.15) is 4.88 Å². The molecule has 5 heteroatoms. The molecule has 1 fully saturated rings. The average molecular weight is 287 g/mol. The Labute approximate surface area is 117 Å². The Morgan fingerprint density at radius 3 is 3.00 bits per heavy atom. The Balaban J connectivity index is 2.18. The van der Waals surface area contributed by atoms with Crippen molar-refractivity contribution in [2.75, 3.05) is 13.1 Å². The zero-order chi connectivity index (χ0) is 13.1. The minimum atomic E-state index is 0.0799. The van der Waals surface area contributed by atoms with E-state index in [0.29, 0.717) is 16.4 Å². The predicted octanol–water partition coefficient (Wildman–Crippen LogP) is 3.05. The molecule has 1 atom stereocenters. The van der Waals surface area contributed by atoms with E-state index in [1.165, 1.54) is 17.8 Å². The summed E-state index contributed by atoms with van der Waals surface area (Å²) in [5, 5.41) is 2.55. The first-order valence-electron chi connectivity index (χ1n) is 6.39. The first-order valence-corrected chi connectivity index (χ1v) is 7.65. The molecule has 100 valence electrons. The second kappa shape index (κ2) is 6.04. The van der Waals surface area contributed by atoms with E-state index in [4.69, 9.17) is 17.3 Å². The largest absolute Gasteiger partial charge is 0.335 e. The number of nitrogens with two attached hydrogens (primary N) is 1. The lowest BCUT2D eigenvalue weighted by Crippen LogP contribution is -2.44. The zero-order valence-electron chi connectivity index (χ0n) is 10.6. The molecule has 1 unspecified atom stereocenters. The molecule has 2 rings (SSSR count). The van der Waals surface area contributed by atoms with Gasteiger partial charge in [-0.2, -0.15) is 0 Å². The van der Waals surface area contributed by atoms with Crippen molar-refractivity contribution in [1.29, 1.82) is 0 Å². The summed E-state index contributed by atoms with van der Waals surface area (Å²) < 4.78 is 0. The van der Waals surface area contributed by atoms with Crippen LogP contribution in [-0.2, 0) is 0 Å². The average Bonchev–Trinajstić information content (AvgIpc) is 2.70. The molecule has 0 spiro atoms. The molecule has 2 heterocycles. The van der Waals surface area contributed by atoms with Crippen molar-refractivity contribution < 1.29 is 4.79 Å². The van der Waals surface area contributed by atoms with Gasteiger partial charge in [-0.15, -0.1) is 11.3 Å². The van der Waals surface area contributed by atoms with Crippen LogP contribution in [-0.4, -0.2) is 29.9 Å². The number of amides is 1. The zero-order valence-corrected chi connectivity index (χ0v) is 12.2. The second-order valence-corrected chi connectivity index (χ2v) is 6.04. The highest BCUT2D eigenvalue weighted by atomic mass is 35.5. The molecule has 0 radical (unpaired) electrons. The highest BCUT2D eigenvalue weighted by Crippen LogP contribution is 2.30. The lowest BCUT2D eigenvalue weighted by atomic mass is 9.99. The number of nitrogens with zero attached hydrogens (tertiary/aromatic N) is 1. The molecule has 0 aliphatic carbocycles. The number of carbonyl (C=O) groups is 1. The molecule has 1 aromatic heterocycles. The summed E-state index contributed by atoms with van der Waals surface area (Å²) in [5.74, 6) is 0.0799. The number of halogens is 1. The predicted molar refractivity (Wildman–Crippen MR) is 76.4 cm³/mol. The van der Waals surface area contributed by atoms with Crippen LogP contribution in [0.15, 0.2) is 5.38 Å². The van der Waals surface area contributed by atoms with Crippen LogP contribution in [0.25, 0.3) is 0 Å². The number of thiophene rings is 1. The number of hydrogen-bond acceptors (Lipinski definition) is 3. The normalized spacial score (nSPS) is 20.2. The molecule has 0 bridgehead atoms. The number of piperidine rings is 1. The van der Waals surface area contributed by atoms with Crippen LogP contribution < -0.4 is 5.73 Å². The highest BCUT2D eigenvalue weighted by Gasteiger charge is 2.29. The summed E-state index contributed by atoms with van der Waals surface area (Å²) >= 11 is 7.63. The summed E-state index contributed by atoms with van der Waals surface area (Å²) in [4.78, 5) is 15.2. The number of rotatable bonds is 3. The molecule has 1 saturated heterocycles. The first kappa shape index (κ1) is 13.8. The smallest absolute Gasteiger partial charge is 0.265 e. The fourth-order valence-corrected chi connectivity index (χ4v) is 3.69. The van der Waals surface area contributed by atoms with E-state index in [2.05, 4.69) is 0 Å². The number of likely N-dealkylation sites (tertiary alicyclic amines) is 1. The minimum absolute atomic E-state index is 0.0799. The van der Waals surface area contributed by atoms with Gasteiger partial charge in [0.25, 0.3) is 5.91 Å². The molecule has 2 N–H and O–H groups in total. The van der Waals surface area contributed by atoms with Gasteiger partial charge in [0.15, 0.2) is 0 Å². The molecular weight excluding hydrogens is 268 g/mol. The van der Waals surface area contributed by atoms with Crippen molar-refractivity contribution in [3.05, 3.63) is 20.8 Å².